The Bertz CT molecular complexity index is 565. The number of halogens is 2. The summed E-state index contributed by atoms with van der Waals surface area (Å²) in [5.74, 6) is 0.115. The molecule has 2 aromatic rings. The van der Waals surface area contributed by atoms with Crippen LogP contribution in [0.5, 0.6) is 0 Å². The van der Waals surface area contributed by atoms with Gasteiger partial charge in [0, 0.05) is 0 Å². The van der Waals surface area contributed by atoms with Gasteiger partial charge in [0.15, 0.2) is 5.82 Å². The molecule has 2 N–H and O–H groups in total. The van der Waals surface area contributed by atoms with Gasteiger partial charge >= 0.3 is 0 Å². The molecular weight excluding hydrogens is 287 g/mol. The minimum absolute atomic E-state index is 0.294. The van der Waals surface area contributed by atoms with Crippen LogP contribution in [0.15, 0.2) is 16.6 Å². The van der Waals surface area contributed by atoms with Crippen molar-refractivity contribution >= 4 is 21.7 Å². The monoisotopic (exact) mass is 298 g/mol. The number of hydrogen-bond acceptors (Lipinski definition) is 3. The van der Waals surface area contributed by atoms with Crippen molar-refractivity contribution in [1.82, 2.24) is 15.0 Å². The Morgan fingerprint density at radius 2 is 2.18 bits per heavy atom. The molecule has 6 heteroatoms. The molecule has 0 bridgehead atoms. The summed E-state index contributed by atoms with van der Waals surface area (Å²) in [6.45, 7) is 3.79. The summed E-state index contributed by atoms with van der Waals surface area (Å²) in [5, 5.41) is 7.83. The number of nitrogen functional groups attached to an aromatic ring is 1. The lowest BCUT2D eigenvalue weighted by atomic mass is 10.2. The van der Waals surface area contributed by atoms with Crippen molar-refractivity contribution in [3.05, 3.63) is 33.7 Å². The van der Waals surface area contributed by atoms with E-state index in [9.17, 15) is 4.39 Å². The van der Waals surface area contributed by atoms with E-state index in [0.29, 0.717) is 16.7 Å². The second kappa shape index (κ2) is 4.44. The summed E-state index contributed by atoms with van der Waals surface area (Å²) < 4.78 is 15.4. The van der Waals surface area contributed by atoms with Gasteiger partial charge in [-0.05, 0) is 47.0 Å². The molecule has 0 radical (unpaired) electrons. The fourth-order valence-electron chi connectivity index (χ4n) is 1.70. The lowest BCUT2D eigenvalue weighted by Gasteiger charge is -2.09. The first-order valence-electron chi connectivity index (χ1n) is 5.20. The van der Waals surface area contributed by atoms with Gasteiger partial charge in [0.1, 0.15) is 5.82 Å². The van der Waals surface area contributed by atoms with Gasteiger partial charge in [0.2, 0.25) is 0 Å². The number of nitrogens with two attached hydrogens (primary N) is 1. The van der Waals surface area contributed by atoms with Gasteiger partial charge in [-0.1, -0.05) is 12.1 Å². The molecule has 2 rings (SSSR count). The van der Waals surface area contributed by atoms with Crippen molar-refractivity contribution in [3.63, 3.8) is 0 Å². The minimum Gasteiger partial charge on any atom is -0.381 e. The van der Waals surface area contributed by atoms with E-state index in [4.69, 9.17) is 5.73 Å². The number of aryl methyl sites for hydroxylation is 1. The molecule has 0 amide bonds. The Balaban J connectivity index is 2.64. The molecule has 0 saturated heterocycles. The first kappa shape index (κ1) is 12.0. The van der Waals surface area contributed by atoms with Crippen molar-refractivity contribution < 1.29 is 4.39 Å². The molecule has 0 aliphatic rings. The topological polar surface area (TPSA) is 56.7 Å². The maximum Gasteiger partial charge on any atom is 0.169 e. The first-order chi connectivity index (χ1) is 8.04. The summed E-state index contributed by atoms with van der Waals surface area (Å²) in [6.07, 6.45) is 0.716. The van der Waals surface area contributed by atoms with E-state index in [1.54, 1.807) is 10.7 Å². The minimum atomic E-state index is -0.294. The van der Waals surface area contributed by atoms with Gasteiger partial charge in [-0.3, -0.25) is 0 Å². The maximum absolute atomic E-state index is 13.3. The Labute approximate surface area is 107 Å². The van der Waals surface area contributed by atoms with Crippen LogP contribution < -0.4 is 5.73 Å². The van der Waals surface area contributed by atoms with Crippen molar-refractivity contribution in [2.24, 2.45) is 0 Å². The molecule has 1 aromatic heterocycles. The zero-order valence-corrected chi connectivity index (χ0v) is 11.1. The molecule has 0 unspecified atom stereocenters. The van der Waals surface area contributed by atoms with E-state index in [0.717, 1.165) is 16.9 Å². The number of anilines is 1. The molecule has 1 heterocycles. The fourth-order valence-corrected chi connectivity index (χ4v) is 2.03. The third-order valence-corrected chi connectivity index (χ3v) is 3.20. The molecule has 0 atom stereocenters. The lowest BCUT2D eigenvalue weighted by Crippen LogP contribution is -2.05. The largest absolute Gasteiger partial charge is 0.381 e. The normalized spacial score (nSPS) is 10.8. The predicted octanol–water partition coefficient (Wildman–Crippen LogP) is 2.62. The van der Waals surface area contributed by atoms with Crippen LogP contribution >= 0.6 is 15.9 Å². The molecule has 1 aromatic carbocycles. The summed E-state index contributed by atoms with van der Waals surface area (Å²) in [5.41, 5.74) is 8.11. The predicted molar refractivity (Wildman–Crippen MR) is 67.5 cm³/mol. The molecule has 0 aliphatic carbocycles. The number of nitrogens with zero attached hydrogens (tertiary/aromatic N) is 3. The summed E-state index contributed by atoms with van der Waals surface area (Å²) in [7, 11) is 0. The van der Waals surface area contributed by atoms with Crippen LogP contribution in [-0.2, 0) is 6.42 Å². The van der Waals surface area contributed by atoms with Crippen molar-refractivity contribution in [1.29, 1.82) is 0 Å². The lowest BCUT2D eigenvalue weighted by molar-refractivity contribution is 0.618. The van der Waals surface area contributed by atoms with Crippen LogP contribution in [-0.4, -0.2) is 15.0 Å². The average Bonchev–Trinajstić information content (AvgIpc) is 2.64. The molecule has 90 valence electrons. The van der Waals surface area contributed by atoms with Gasteiger partial charge in [-0.2, -0.15) is 0 Å². The van der Waals surface area contributed by atoms with E-state index in [1.165, 1.54) is 6.07 Å². The second-order valence-electron chi connectivity index (χ2n) is 3.74. The van der Waals surface area contributed by atoms with Gasteiger partial charge in [-0.25, -0.2) is 9.07 Å². The highest BCUT2D eigenvalue weighted by molar-refractivity contribution is 9.10. The standard InChI is InChI=1S/C11H12BrFN4/c1-3-9-11(14)15-16-17(9)10-5-7(12)8(13)4-6(10)2/h4-5H,3,14H2,1-2H3. The molecule has 0 fully saturated rings. The van der Waals surface area contributed by atoms with Crippen LogP contribution in [0.3, 0.4) is 0 Å². The van der Waals surface area contributed by atoms with Gasteiger partial charge in [0.25, 0.3) is 0 Å². The number of aromatic nitrogens is 3. The number of rotatable bonds is 2. The van der Waals surface area contributed by atoms with Crippen molar-refractivity contribution in [2.75, 3.05) is 5.73 Å². The summed E-state index contributed by atoms with van der Waals surface area (Å²) in [4.78, 5) is 0. The first-order valence-corrected chi connectivity index (χ1v) is 6.00. The number of hydrogen-bond donors (Lipinski definition) is 1. The smallest absolute Gasteiger partial charge is 0.169 e. The van der Waals surface area contributed by atoms with E-state index in [-0.39, 0.29) is 5.82 Å². The van der Waals surface area contributed by atoms with Gasteiger partial charge < -0.3 is 5.73 Å². The maximum atomic E-state index is 13.3. The van der Waals surface area contributed by atoms with Gasteiger partial charge in [-0.15, -0.1) is 5.10 Å². The SMILES string of the molecule is CCc1c(N)nnn1-c1cc(Br)c(F)cc1C. The second-order valence-corrected chi connectivity index (χ2v) is 4.59. The molecule has 17 heavy (non-hydrogen) atoms. The molecule has 4 nitrogen and oxygen atoms in total. The van der Waals surface area contributed by atoms with Crippen LogP contribution in [0.2, 0.25) is 0 Å². The third kappa shape index (κ3) is 2.04. The average molecular weight is 299 g/mol. The van der Waals surface area contributed by atoms with E-state index in [1.807, 2.05) is 13.8 Å². The van der Waals surface area contributed by atoms with Crippen LogP contribution in [0.25, 0.3) is 5.69 Å². The van der Waals surface area contributed by atoms with E-state index < -0.39 is 0 Å². The quantitative estimate of drug-likeness (QED) is 0.927. The summed E-state index contributed by atoms with van der Waals surface area (Å²) in [6, 6.07) is 3.13. The molecule has 0 saturated carbocycles. The molecule has 0 spiro atoms. The zero-order chi connectivity index (χ0) is 12.6. The highest BCUT2D eigenvalue weighted by atomic mass is 79.9. The Hall–Kier alpha value is -1.43. The highest BCUT2D eigenvalue weighted by Crippen LogP contribution is 2.25. The van der Waals surface area contributed by atoms with Crippen LogP contribution in [0.1, 0.15) is 18.2 Å². The Morgan fingerprint density at radius 3 is 2.82 bits per heavy atom. The van der Waals surface area contributed by atoms with Crippen LogP contribution in [0, 0.1) is 12.7 Å². The van der Waals surface area contributed by atoms with Crippen molar-refractivity contribution in [3.8, 4) is 5.69 Å². The number of benzene rings is 1. The third-order valence-electron chi connectivity index (χ3n) is 2.60. The molecular formula is C11H12BrFN4. The van der Waals surface area contributed by atoms with Crippen molar-refractivity contribution in [2.45, 2.75) is 20.3 Å². The zero-order valence-electron chi connectivity index (χ0n) is 9.54. The van der Waals surface area contributed by atoms with E-state index >= 15 is 0 Å². The molecule has 0 aliphatic heterocycles. The van der Waals surface area contributed by atoms with E-state index in [2.05, 4.69) is 26.2 Å². The van der Waals surface area contributed by atoms with Crippen LogP contribution in [0.4, 0.5) is 10.2 Å². The van der Waals surface area contributed by atoms with Gasteiger partial charge in [0.05, 0.1) is 15.9 Å². The fraction of sp³-hybridized carbons (Fsp3) is 0.273. The Kier molecular flexibility index (Phi) is 3.15. The Morgan fingerprint density at radius 1 is 1.47 bits per heavy atom. The highest BCUT2D eigenvalue weighted by Gasteiger charge is 2.13. The summed E-state index contributed by atoms with van der Waals surface area (Å²) >= 11 is 3.16.